The largest absolute Gasteiger partial charge is 0.466 e. The molecule has 3 rings (SSSR count). The van der Waals surface area contributed by atoms with E-state index >= 15 is 0 Å². The molecule has 2 saturated heterocycles. The Hall–Kier alpha value is -2.99. The zero-order valence-electron chi connectivity index (χ0n) is 19.4. The number of carbonyl (C=O) groups excluding carboxylic acids is 4. The van der Waals surface area contributed by atoms with Gasteiger partial charge in [-0.05, 0) is 44.0 Å². The van der Waals surface area contributed by atoms with Gasteiger partial charge in [-0.3, -0.25) is 19.2 Å². The van der Waals surface area contributed by atoms with E-state index in [2.05, 4.69) is 5.32 Å². The van der Waals surface area contributed by atoms with Crippen molar-refractivity contribution in [3.8, 4) is 0 Å². The lowest BCUT2D eigenvalue weighted by Crippen LogP contribution is -2.49. The molecule has 3 amide bonds. The zero-order valence-corrected chi connectivity index (χ0v) is 20.2. The van der Waals surface area contributed by atoms with E-state index in [9.17, 15) is 27.6 Å². The van der Waals surface area contributed by atoms with Crippen LogP contribution in [0.5, 0.6) is 0 Å². The average Bonchev–Trinajstić information content (AvgIpc) is 2.83. The number of benzene rings is 1. The molecule has 0 saturated carbocycles. The number of piperidine rings is 1. The number of esters is 1. The Bertz CT molecular complexity index is 1040. The molecule has 1 N–H and O–H groups in total. The van der Waals surface area contributed by atoms with Crippen molar-refractivity contribution in [2.75, 3.05) is 52.9 Å². The summed E-state index contributed by atoms with van der Waals surface area (Å²) in [5, 5.41) is 2.58. The number of nitrogens with zero attached hydrogens (tertiary/aromatic N) is 3. The Balaban J connectivity index is 1.60. The van der Waals surface area contributed by atoms with Crippen LogP contribution in [0, 0.1) is 5.92 Å². The van der Waals surface area contributed by atoms with Gasteiger partial charge in [0.2, 0.25) is 21.8 Å². The van der Waals surface area contributed by atoms with Crippen molar-refractivity contribution >= 4 is 33.7 Å². The molecule has 2 fully saturated rings. The third kappa shape index (κ3) is 5.92. The Morgan fingerprint density at radius 3 is 2.53 bits per heavy atom. The molecule has 0 radical (unpaired) electrons. The van der Waals surface area contributed by atoms with Gasteiger partial charge in [-0.1, -0.05) is 0 Å². The van der Waals surface area contributed by atoms with Gasteiger partial charge in [-0.25, -0.2) is 8.42 Å². The maximum atomic E-state index is 12.8. The molecule has 1 aromatic rings. The van der Waals surface area contributed by atoms with Crippen molar-refractivity contribution in [2.45, 2.75) is 24.7 Å². The van der Waals surface area contributed by atoms with Crippen LogP contribution in [0.4, 0.5) is 0 Å². The molecular weight excluding hydrogens is 464 g/mol. The quantitative estimate of drug-likeness (QED) is 0.514. The minimum atomic E-state index is -3.86. The fraction of sp³-hybridized carbons (Fsp3) is 0.545. The van der Waals surface area contributed by atoms with Crippen LogP contribution in [0.25, 0.3) is 0 Å². The lowest BCUT2D eigenvalue weighted by atomic mass is 9.98. The SMILES string of the molecule is CCOC(=O)C1CCCN(C(=O)CN(C)C(=O)c2ccc(S(=O)(=O)N3CCNC(=O)C3)cc2)C1. The highest BCUT2D eigenvalue weighted by Gasteiger charge is 2.31. The number of carbonyl (C=O) groups is 4. The van der Waals surface area contributed by atoms with Gasteiger partial charge in [-0.15, -0.1) is 0 Å². The van der Waals surface area contributed by atoms with Gasteiger partial charge in [0.1, 0.15) is 0 Å². The first-order valence-electron chi connectivity index (χ1n) is 11.2. The second kappa shape index (κ2) is 11.0. The lowest BCUT2D eigenvalue weighted by molar-refractivity contribution is -0.151. The number of sulfonamides is 1. The monoisotopic (exact) mass is 494 g/mol. The summed E-state index contributed by atoms with van der Waals surface area (Å²) in [4.78, 5) is 51.9. The minimum absolute atomic E-state index is 0.0178. The summed E-state index contributed by atoms with van der Waals surface area (Å²) >= 11 is 0. The molecule has 186 valence electrons. The number of hydrogen-bond donors (Lipinski definition) is 1. The fourth-order valence-electron chi connectivity index (χ4n) is 3.99. The first kappa shape index (κ1) is 25.6. The highest BCUT2D eigenvalue weighted by atomic mass is 32.2. The first-order chi connectivity index (χ1) is 16.1. The maximum Gasteiger partial charge on any atom is 0.310 e. The third-order valence-corrected chi connectivity index (χ3v) is 7.71. The van der Waals surface area contributed by atoms with Crippen LogP contribution in [0.3, 0.4) is 0 Å². The summed E-state index contributed by atoms with van der Waals surface area (Å²) in [6.45, 7) is 2.79. The molecule has 1 unspecified atom stereocenters. The molecule has 0 aliphatic carbocycles. The molecule has 1 aromatic carbocycles. The van der Waals surface area contributed by atoms with Crippen molar-refractivity contribution in [1.29, 1.82) is 0 Å². The smallest absolute Gasteiger partial charge is 0.310 e. The Kier molecular flexibility index (Phi) is 8.26. The topological polar surface area (TPSA) is 133 Å². The summed E-state index contributed by atoms with van der Waals surface area (Å²) in [7, 11) is -2.37. The van der Waals surface area contributed by atoms with Crippen LogP contribution in [-0.2, 0) is 29.1 Å². The van der Waals surface area contributed by atoms with E-state index in [1.54, 1.807) is 11.8 Å². The van der Waals surface area contributed by atoms with Gasteiger partial charge in [0.05, 0.1) is 30.5 Å². The van der Waals surface area contributed by atoms with E-state index in [0.717, 1.165) is 4.31 Å². The Morgan fingerprint density at radius 1 is 1.18 bits per heavy atom. The molecule has 12 heteroatoms. The maximum absolute atomic E-state index is 12.8. The van der Waals surface area contributed by atoms with E-state index < -0.39 is 15.9 Å². The summed E-state index contributed by atoms with van der Waals surface area (Å²) in [6.07, 6.45) is 1.34. The normalized spacial score (nSPS) is 19.3. The van der Waals surface area contributed by atoms with Gasteiger partial charge in [0, 0.05) is 38.8 Å². The Labute approximate surface area is 199 Å². The van der Waals surface area contributed by atoms with Gasteiger partial charge >= 0.3 is 5.97 Å². The van der Waals surface area contributed by atoms with Crippen molar-refractivity contribution in [3.05, 3.63) is 29.8 Å². The molecule has 0 aromatic heterocycles. The van der Waals surface area contributed by atoms with Gasteiger partial charge < -0.3 is 19.9 Å². The first-order valence-corrected chi connectivity index (χ1v) is 12.6. The van der Waals surface area contributed by atoms with E-state index in [-0.39, 0.29) is 73.5 Å². The number of ether oxygens (including phenoxy) is 1. The molecule has 2 aliphatic rings. The molecule has 2 aliphatic heterocycles. The summed E-state index contributed by atoms with van der Waals surface area (Å²) in [5.74, 6) is -1.75. The van der Waals surface area contributed by atoms with E-state index in [1.165, 1.54) is 36.2 Å². The van der Waals surface area contributed by atoms with Gasteiger partial charge in [0.15, 0.2) is 0 Å². The number of amides is 3. The molecule has 0 spiro atoms. The van der Waals surface area contributed by atoms with Crippen molar-refractivity contribution in [2.24, 2.45) is 5.92 Å². The molecule has 34 heavy (non-hydrogen) atoms. The third-order valence-electron chi connectivity index (χ3n) is 5.86. The fourth-order valence-corrected chi connectivity index (χ4v) is 5.39. The molecule has 2 heterocycles. The summed E-state index contributed by atoms with van der Waals surface area (Å²) < 4.78 is 31.7. The number of likely N-dealkylation sites (tertiary alicyclic amines) is 1. The highest BCUT2D eigenvalue weighted by molar-refractivity contribution is 7.89. The minimum Gasteiger partial charge on any atom is -0.466 e. The molecular formula is C22H30N4O7S. The predicted molar refractivity (Wildman–Crippen MR) is 121 cm³/mol. The number of rotatable bonds is 7. The van der Waals surface area contributed by atoms with Crippen LogP contribution in [0.1, 0.15) is 30.1 Å². The zero-order chi connectivity index (χ0) is 24.9. The van der Waals surface area contributed by atoms with E-state index in [0.29, 0.717) is 19.4 Å². The summed E-state index contributed by atoms with van der Waals surface area (Å²) in [5.41, 5.74) is 0.230. The van der Waals surface area contributed by atoms with Crippen molar-refractivity contribution < 1.29 is 32.3 Å². The lowest BCUT2D eigenvalue weighted by Gasteiger charge is -2.32. The summed E-state index contributed by atoms with van der Waals surface area (Å²) in [6, 6.07) is 5.41. The standard InChI is InChI=1S/C22H30N4O7S/c1-3-33-22(30)17-5-4-11-25(13-17)20(28)15-24(2)21(29)16-6-8-18(9-7-16)34(31,32)26-12-10-23-19(27)14-26/h6-9,17H,3-5,10-15H2,1-2H3,(H,23,27). The highest BCUT2D eigenvalue weighted by Crippen LogP contribution is 2.20. The predicted octanol–water partition coefficient (Wildman–Crippen LogP) is -0.319. The van der Waals surface area contributed by atoms with Crippen LogP contribution in [0.15, 0.2) is 29.2 Å². The van der Waals surface area contributed by atoms with E-state index in [4.69, 9.17) is 4.74 Å². The Morgan fingerprint density at radius 2 is 1.88 bits per heavy atom. The average molecular weight is 495 g/mol. The van der Waals surface area contributed by atoms with Crippen LogP contribution < -0.4 is 5.32 Å². The molecule has 1 atom stereocenters. The van der Waals surface area contributed by atoms with Crippen LogP contribution in [-0.4, -0.2) is 99.1 Å². The number of piperazine rings is 1. The van der Waals surface area contributed by atoms with Gasteiger partial charge in [0.25, 0.3) is 5.91 Å². The van der Waals surface area contributed by atoms with Gasteiger partial charge in [-0.2, -0.15) is 4.31 Å². The van der Waals surface area contributed by atoms with Crippen molar-refractivity contribution in [3.63, 3.8) is 0 Å². The number of nitrogens with one attached hydrogen (secondary N) is 1. The van der Waals surface area contributed by atoms with E-state index in [1.807, 2.05) is 0 Å². The van der Waals surface area contributed by atoms with Crippen molar-refractivity contribution in [1.82, 2.24) is 19.4 Å². The van der Waals surface area contributed by atoms with Crippen LogP contribution in [0.2, 0.25) is 0 Å². The molecule has 11 nitrogen and oxygen atoms in total. The van der Waals surface area contributed by atoms with Crippen LogP contribution >= 0.6 is 0 Å². The second-order valence-electron chi connectivity index (χ2n) is 8.31. The number of hydrogen-bond acceptors (Lipinski definition) is 7. The molecule has 0 bridgehead atoms. The second-order valence-corrected chi connectivity index (χ2v) is 10.2. The number of likely N-dealkylation sites (N-methyl/N-ethyl adjacent to an activating group) is 1.